The van der Waals surface area contributed by atoms with Crippen molar-refractivity contribution in [3.8, 4) is 0 Å². The highest BCUT2D eigenvalue weighted by atomic mass is 32.2. The Bertz CT molecular complexity index is 605. The Morgan fingerprint density at radius 1 is 1.23 bits per heavy atom. The Morgan fingerprint density at radius 2 is 1.86 bits per heavy atom. The van der Waals surface area contributed by atoms with Gasteiger partial charge in [-0.15, -0.1) is 0 Å². The number of nitrogens with one attached hydrogen (secondary N) is 1. The molecule has 1 aromatic rings. The maximum atomic E-state index is 12.4. The summed E-state index contributed by atoms with van der Waals surface area (Å²) in [6, 6.07) is 5.51. The number of nitrogens with zero attached hydrogens (tertiary/aromatic N) is 1. The van der Waals surface area contributed by atoms with Crippen LogP contribution in [0.15, 0.2) is 23.1 Å². The number of hydrogen-bond acceptors (Lipinski definition) is 3. The van der Waals surface area contributed by atoms with Crippen LogP contribution in [0.25, 0.3) is 0 Å². The third-order valence-electron chi connectivity index (χ3n) is 4.80. The zero-order valence-corrected chi connectivity index (χ0v) is 14.9. The van der Waals surface area contributed by atoms with Gasteiger partial charge in [0.1, 0.15) is 0 Å². The van der Waals surface area contributed by atoms with Gasteiger partial charge in [-0.3, -0.25) is 4.90 Å². The topological polar surface area (TPSA) is 49.4 Å². The van der Waals surface area contributed by atoms with Crippen molar-refractivity contribution >= 4 is 10.0 Å². The minimum Gasteiger partial charge on any atom is -0.299 e. The number of aryl methyl sites for hydroxylation is 2. The van der Waals surface area contributed by atoms with E-state index in [1.54, 1.807) is 12.1 Å². The lowest BCUT2D eigenvalue weighted by atomic mass is 9.98. The summed E-state index contributed by atoms with van der Waals surface area (Å²) < 4.78 is 27.6. The Labute approximate surface area is 135 Å². The van der Waals surface area contributed by atoms with Gasteiger partial charge in [0.2, 0.25) is 10.0 Å². The van der Waals surface area contributed by atoms with Gasteiger partial charge in [-0.05, 0) is 75.9 Å². The second kappa shape index (κ2) is 7.11. The first-order chi connectivity index (χ1) is 10.3. The number of sulfonamides is 1. The van der Waals surface area contributed by atoms with Gasteiger partial charge in [0, 0.05) is 12.6 Å². The first kappa shape index (κ1) is 17.4. The lowest BCUT2D eigenvalue weighted by Crippen LogP contribution is -2.45. The number of rotatable bonds is 5. The van der Waals surface area contributed by atoms with E-state index < -0.39 is 10.0 Å². The highest BCUT2D eigenvalue weighted by molar-refractivity contribution is 7.89. The zero-order chi connectivity index (χ0) is 16.3. The van der Waals surface area contributed by atoms with Crippen LogP contribution >= 0.6 is 0 Å². The molecule has 1 saturated heterocycles. The maximum Gasteiger partial charge on any atom is 0.240 e. The Hall–Kier alpha value is -0.910. The molecule has 0 spiro atoms. The molecule has 124 valence electrons. The van der Waals surface area contributed by atoms with Gasteiger partial charge >= 0.3 is 0 Å². The van der Waals surface area contributed by atoms with Gasteiger partial charge in [-0.1, -0.05) is 13.0 Å². The predicted molar refractivity (Wildman–Crippen MR) is 90.5 cm³/mol. The van der Waals surface area contributed by atoms with Gasteiger partial charge in [-0.25, -0.2) is 13.1 Å². The lowest BCUT2D eigenvalue weighted by molar-refractivity contribution is 0.148. The van der Waals surface area contributed by atoms with Crippen molar-refractivity contribution in [3.63, 3.8) is 0 Å². The van der Waals surface area contributed by atoms with Gasteiger partial charge < -0.3 is 0 Å². The molecular weight excluding hydrogens is 296 g/mol. The molecule has 0 aromatic heterocycles. The summed E-state index contributed by atoms with van der Waals surface area (Å²) >= 11 is 0. The third-order valence-corrected chi connectivity index (χ3v) is 6.22. The summed E-state index contributed by atoms with van der Waals surface area (Å²) in [5.41, 5.74) is 2.11. The largest absolute Gasteiger partial charge is 0.299 e. The molecular formula is C17H28N2O2S. The van der Waals surface area contributed by atoms with Crippen LogP contribution in [-0.4, -0.2) is 39.0 Å². The normalized spacial score (nSPS) is 19.3. The van der Waals surface area contributed by atoms with E-state index in [1.165, 1.54) is 12.8 Å². The van der Waals surface area contributed by atoms with Crippen molar-refractivity contribution in [1.82, 2.24) is 9.62 Å². The molecule has 2 rings (SSSR count). The average Bonchev–Trinajstić information content (AvgIpc) is 2.48. The molecule has 1 aromatic carbocycles. The maximum absolute atomic E-state index is 12.4. The summed E-state index contributed by atoms with van der Waals surface area (Å²) in [6.07, 6.45) is 2.41. The fourth-order valence-corrected chi connectivity index (χ4v) is 4.00. The molecule has 22 heavy (non-hydrogen) atoms. The molecule has 0 amide bonds. The second-order valence-corrected chi connectivity index (χ2v) is 8.43. The molecule has 0 radical (unpaired) electrons. The minimum atomic E-state index is -3.42. The van der Waals surface area contributed by atoms with Gasteiger partial charge in [-0.2, -0.15) is 0 Å². The van der Waals surface area contributed by atoms with E-state index in [0.717, 1.165) is 30.1 Å². The highest BCUT2D eigenvalue weighted by Gasteiger charge is 2.22. The summed E-state index contributed by atoms with van der Waals surface area (Å²) in [5.74, 6) is 0.788. The molecule has 1 N–H and O–H groups in total. The van der Waals surface area contributed by atoms with Crippen LogP contribution in [-0.2, 0) is 10.0 Å². The Balaban J connectivity index is 1.95. The average molecular weight is 324 g/mol. The number of likely N-dealkylation sites (tertiary alicyclic amines) is 1. The first-order valence-electron chi connectivity index (χ1n) is 8.10. The van der Waals surface area contributed by atoms with E-state index in [1.807, 2.05) is 19.9 Å². The van der Waals surface area contributed by atoms with Crippen molar-refractivity contribution in [2.24, 2.45) is 5.92 Å². The van der Waals surface area contributed by atoms with E-state index in [2.05, 4.69) is 23.5 Å². The van der Waals surface area contributed by atoms with E-state index in [4.69, 9.17) is 0 Å². The Kier molecular flexibility index (Phi) is 5.64. The van der Waals surface area contributed by atoms with Crippen molar-refractivity contribution in [2.75, 3.05) is 19.6 Å². The van der Waals surface area contributed by atoms with Crippen molar-refractivity contribution in [1.29, 1.82) is 0 Å². The van der Waals surface area contributed by atoms with E-state index in [-0.39, 0.29) is 6.04 Å². The standard InChI is InChI=1S/C17H28N2O2S/c1-13-7-9-19(10-8-13)16(4)12-18-22(20,21)17-6-5-14(2)15(3)11-17/h5-6,11,13,16,18H,7-10,12H2,1-4H3. The van der Waals surface area contributed by atoms with Crippen LogP contribution in [0, 0.1) is 19.8 Å². The van der Waals surface area contributed by atoms with Crippen LogP contribution in [0.1, 0.15) is 37.8 Å². The van der Waals surface area contributed by atoms with Crippen molar-refractivity contribution in [2.45, 2.75) is 51.5 Å². The van der Waals surface area contributed by atoms with Crippen LogP contribution in [0.5, 0.6) is 0 Å². The van der Waals surface area contributed by atoms with Crippen LogP contribution in [0.4, 0.5) is 0 Å². The van der Waals surface area contributed by atoms with E-state index in [9.17, 15) is 8.42 Å². The fourth-order valence-electron chi connectivity index (χ4n) is 2.79. The molecule has 1 aliphatic rings. The van der Waals surface area contributed by atoms with Crippen molar-refractivity contribution < 1.29 is 8.42 Å². The number of hydrogen-bond donors (Lipinski definition) is 1. The molecule has 1 heterocycles. The predicted octanol–water partition coefficient (Wildman–Crippen LogP) is 2.70. The summed E-state index contributed by atoms with van der Waals surface area (Å²) in [4.78, 5) is 2.73. The highest BCUT2D eigenvalue weighted by Crippen LogP contribution is 2.18. The molecule has 5 heteroatoms. The summed E-state index contributed by atoms with van der Waals surface area (Å²) in [7, 11) is -3.42. The van der Waals surface area contributed by atoms with Crippen LogP contribution < -0.4 is 4.72 Å². The van der Waals surface area contributed by atoms with E-state index in [0.29, 0.717) is 11.4 Å². The Morgan fingerprint density at radius 3 is 2.45 bits per heavy atom. The molecule has 4 nitrogen and oxygen atoms in total. The molecule has 0 bridgehead atoms. The van der Waals surface area contributed by atoms with Crippen LogP contribution in [0.2, 0.25) is 0 Å². The summed E-state index contributed by atoms with van der Waals surface area (Å²) in [5, 5.41) is 0. The molecule has 1 atom stereocenters. The quantitative estimate of drug-likeness (QED) is 0.906. The number of piperidine rings is 1. The SMILES string of the molecule is Cc1ccc(S(=O)(=O)NCC(C)N2CCC(C)CC2)cc1C. The monoisotopic (exact) mass is 324 g/mol. The van der Waals surface area contributed by atoms with E-state index >= 15 is 0 Å². The summed E-state index contributed by atoms with van der Waals surface area (Å²) in [6.45, 7) is 10.9. The second-order valence-electron chi connectivity index (χ2n) is 6.67. The minimum absolute atomic E-state index is 0.230. The van der Waals surface area contributed by atoms with Crippen LogP contribution in [0.3, 0.4) is 0 Å². The molecule has 1 aliphatic heterocycles. The molecule has 0 saturated carbocycles. The molecule has 1 unspecified atom stereocenters. The smallest absolute Gasteiger partial charge is 0.240 e. The third kappa shape index (κ3) is 4.31. The fraction of sp³-hybridized carbons (Fsp3) is 0.647. The first-order valence-corrected chi connectivity index (χ1v) is 9.59. The molecule has 1 fully saturated rings. The number of benzene rings is 1. The van der Waals surface area contributed by atoms with Crippen molar-refractivity contribution in [3.05, 3.63) is 29.3 Å². The van der Waals surface area contributed by atoms with Gasteiger partial charge in [0.25, 0.3) is 0 Å². The molecule has 0 aliphatic carbocycles. The van der Waals surface area contributed by atoms with Gasteiger partial charge in [0.05, 0.1) is 4.90 Å². The lowest BCUT2D eigenvalue weighted by Gasteiger charge is -2.34. The van der Waals surface area contributed by atoms with Gasteiger partial charge in [0.15, 0.2) is 0 Å². The zero-order valence-electron chi connectivity index (χ0n) is 14.1.